The van der Waals surface area contributed by atoms with Gasteiger partial charge in [-0.15, -0.1) is 0 Å². The number of carbonyl (C=O) groups is 2. The van der Waals surface area contributed by atoms with Crippen LogP contribution >= 0.6 is 15.9 Å². The minimum absolute atomic E-state index is 0.0119. The maximum absolute atomic E-state index is 12.0. The van der Waals surface area contributed by atoms with Crippen molar-refractivity contribution in [3.8, 4) is 0 Å². The predicted octanol–water partition coefficient (Wildman–Crippen LogP) is 4.67. The molecule has 22 heavy (non-hydrogen) atoms. The van der Waals surface area contributed by atoms with Gasteiger partial charge in [-0.3, -0.25) is 9.59 Å². The van der Waals surface area contributed by atoms with Crippen LogP contribution in [0, 0.1) is 13.8 Å². The molecule has 0 fully saturated rings. The van der Waals surface area contributed by atoms with Gasteiger partial charge < -0.3 is 5.32 Å². The highest BCUT2D eigenvalue weighted by Crippen LogP contribution is 2.20. The highest BCUT2D eigenvalue weighted by atomic mass is 79.9. The molecule has 0 saturated heterocycles. The molecule has 4 heteroatoms. The maximum atomic E-state index is 12.0. The second-order valence-electron chi connectivity index (χ2n) is 5.30. The zero-order valence-electron chi connectivity index (χ0n) is 12.7. The van der Waals surface area contributed by atoms with Gasteiger partial charge in [0.25, 0.3) is 0 Å². The van der Waals surface area contributed by atoms with Crippen molar-refractivity contribution in [2.45, 2.75) is 26.7 Å². The number of carbonyl (C=O) groups excluding carboxylic acids is 2. The zero-order valence-corrected chi connectivity index (χ0v) is 14.2. The van der Waals surface area contributed by atoms with Crippen molar-refractivity contribution in [2.75, 3.05) is 5.32 Å². The number of anilines is 1. The topological polar surface area (TPSA) is 46.2 Å². The van der Waals surface area contributed by atoms with Crippen molar-refractivity contribution >= 4 is 33.3 Å². The lowest BCUT2D eigenvalue weighted by Crippen LogP contribution is -2.13. The lowest BCUT2D eigenvalue weighted by molar-refractivity contribution is -0.116. The van der Waals surface area contributed by atoms with Crippen LogP contribution in [0.1, 0.15) is 34.3 Å². The van der Waals surface area contributed by atoms with Gasteiger partial charge in [0.2, 0.25) is 5.91 Å². The van der Waals surface area contributed by atoms with Crippen molar-refractivity contribution in [1.82, 2.24) is 0 Å². The van der Waals surface area contributed by atoms with Crippen molar-refractivity contribution in [3.63, 3.8) is 0 Å². The molecule has 0 atom stereocenters. The molecule has 0 spiro atoms. The summed E-state index contributed by atoms with van der Waals surface area (Å²) < 4.78 is 1.00. The second-order valence-corrected chi connectivity index (χ2v) is 6.16. The van der Waals surface area contributed by atoms with Crippen LogP contribution in [0.15, 0.2) is 46.9 Å². The Morgan fingerprint density at radius 1 is 1.00 bits per heavy atom. The quantitative estimate of drug-likeness (QED) is 0.788. The Hall–Kier alpha value is -1.94. The first-order valence-corrected chi connectivity index (χ1v) is 7.91. The maximum Gasteiger partial charge on any atom is 0.224 e. The van der Waals surface area contributed by atoms with Gasteiger partial charge in [0.1, 0.15) is 0 Å². The molecule has 2 aromatic carbocycles. The number of Topliss-reactive ketones (excluding diaryl/α,β-unsaturated/α-hetero) is 1. The number of ketones is 1. The summed E-state index contributed by atoms with van der Waals surface area (Å²) in [6.07, 6.45) is 0.395. The third-order valence-electron chi connectivity index (χ3n) is 3.39. The van der Waals surface area contributed by atoms with Gasteiger partial charge in [-0.1, -0.05) is 45.8 Å². The average molecular weight is 360 g/mol. The third kappa shape index (κ3) is 4.53. The molecule has 0 radical (unpaired) electrons. The Morgan fingerprint density at radius 2 is 1.68 bits per heavy atom. The third-order valence-corrected chi connectivity index (χ3v) is 4.28. The summed E-state index contributed by atoms with van der Waals surface area (Å²) in [5, 5.41) is 2.81. The van der Waals surface area contributed by atoms with E-state index < -0.39 is 0 Å². The Balaban J connectivity index is 1.88. The molecule has 0 heterocycles. The van der Waals surface area contributed by atoms with E-state index in [0.717, 1.165) is 21.3 Å². The van der Waals surface area contributed by atoms with E-state index in [1.54, 1.807) is 12.1 Å². The minimum Gasteiger partial charge on any atom is -0.326 e. The van der Waals surface area contributed by atoms with Crippen molar-refractivity contribution < 1.29 is 9.59 Å². The van der Waals surface area contributed by atoms with Gasteiger partial charge in [0, 0.05) is 28.6 Å². The van der Waals surface area contributed by atoms with Gasteiger partial charge in [0.15, 0.2) is 5.78 Å². The van der Waals surface area contributed by atoms with E-state index >= 15 is 0 Å². The fourth-order valence-corrected chi connectivity index (χ4v) is 2.30. The highest BCUT2D eigenvalue weighted by Gasteiger charge is 2.09. The molecule has 0 bridgehead atoms. The zero-order chi connectivity index (χ0) is 16.1. The second kappa shape index (κ2) is 7.36. The Labute approximate surface area is 138 Å². The van der Waals surface area contributed by atoms with Crippen LogP contribution in [-0.2, 0) is 4.79 Å². The first-order chi connectivity index (χ1) is 10.5. The smallest absolute Gasteiger partial charge is 0.224 e. The van der Waals surface area contributed by atoms with E-state index in [0.29, 0.717) is 5.56 Å². The number of halogens is 1. The van der Waals surface area contributed by atoms with Crippen LogP contribution in [0.5, 0.6) is 0 Å². The first-order valence-electron chi connectivity index (χ1n) is 7.11. The van der Waals surface area contributed by atoms with E-state index in [-0.39, 0.29) is 24.5 Å². The normalized spacial score (nSPS) is 10.3. The van der Waals surface area contributed by atoms with Crippen molar-refractivity contribution in [2.24, 2.45) is 0 Å². The fourth-order valence-electron chi connectivity index (χ4n) is 2.06. The summed E-state index contributed by atoms with van der Waals surface area (Å²) in [6.45, 7) is 3.93. The van der Waals surface area contributed by atoms with E-state index in [4.69, 9.17) is 0 Å². The molecule has 0 aromatic heterocycles. The number of aryl methyl sites for hydroxylation is 2. The molecule has 0 saturated carbocycles. The largest absolute Gasteiger partial charge is 0.326 e. The van der Waals surface area contributed by atoms with E-state index in [1.165, 1.54) is 0 Å². The number of rotatable bonds is 5. The molecule has 2 aromatic rings. The summed E-state index contributed by atoms with van der Waals surface area (Å²) in [7, 11) is 0. The number of amides is 1. The van der Waals surface area contributed by atoms with Crippen LogP contribution in [0.2, 0.25) is 0 Å². The van der Waals surface area contributed by atoms with Crippen LogP contribution in [0.25, 0.3) is 0 Å². The van der Waals surface area contributed by atoms with Gasteiger partial charge in [-0.2, -0.15) is 0 Å². The molecule has 0 aliphatic carbocycles. The number of benzene rings is 2. The van der Waals surface area contributed by atoms with Crippen LogP contribution in [0.4, 0.5) is 5.69 Å². The van der Waals surface area contributed by atoms with E-state index in [2.05, 4.69) is 21.2 Å². The predicted molar refractivity (Wildman–Crippen MR) is 92.3 cm³/mol. The van der Waals surface area contributed by atoms with Gasteiger partial charge in [-0.25, -0.2) is 0 Å². The number of hydrogen-bond acceptors (Lipinski definition) is 2. The monoisotopic (exact) mass is 359 g/mol. The highest BCUT2D eigenvalue weighted by molar-refractivity contribution is 9.10. The summed E-state index contributed by atoms with van der Waals surface area (Å²) >= 11 is 3.42. The molecule has 1 N–H and O–H groups in total. The lowest BCUT2D eigenvalue weighted by Gasteiger charge is -2.07. The Morgan fingerprint density at radius 3 is 2.32 bits per heavy atom. The molecular formula is C18H18BrNO2. The van der Waals surface area contributed by atoms with E-state index in [1.807, 2.05) is 44.2 Å². The molecule has 0 aliphatic heterocycles. The first kappa shape index (κ1) is 16.4. The van der Waals surface area contributed by atoms with Crippen molar-refractivity contribution in [1.29, 1.82) is 0 Å². The number of nitrogens with one attached hydrogen (secondary N) is 1. The van der Waals surface area contributed by atoms with Crippen LogP contribution < -0.4 is 5.32 Å². The standard InChI is InChI=1S/C18H18BrNO2/c1-12-3-5-14(6-4-12)17(21)9-10-18(22)20-15-7-8-16(19)13(2)11-15/h3-8,11H,9-10H2,1-2H3,(H,20,22). The summed E-state index contributed by atoms with van der Waals surface area (Å²) in [5.41, 5.74) is 3.56. The van der Waals surface area contributed by atoms with Crippen LogP contribution in [0.3, 0.4) is 0 Å². The Bertz CT molecular complexity index is 693. The van der Waals surface area contributed by atoms with Crippen LogP contribution in [-0.4, -0.2) is 11.7 Å². The molecule has 1 amide bonds. The average Bonchev–Trinajstić information content (AvgIpc) is 2.49. The molecule has 0 unspecified atom stereocenters. The number of hydrogen-bond donors (Lipinski definition) is 1. The SMILES string of the molecule is Cc1ccc(C(=O)CCC(=O)Nc2ccc(Br)c(C)c2)cc1. The lowest BCUT2D eigenvalue weighted by atomic mass is 10.0. The van der Waals surface area contributed by atoms with Gasteiger partial charge in [0.05, 0.1) is 0 Å². The molecule has 2 rings (SSSR count). The summed E-state index contributed by atoms with van der Waals surface area (Å²) in [5.74, 6) is -0.163. The van der Waals surface area contributed by atoms with Gasteiger partial charge >= 0.3 is 0 Å². The fraction of sp³-hybridized carbons (Fsp3) is 0.222. The molecule has 3 nitrogen and oxygen atoms in total. The molecule has 114 valence electrons. The van der Waals surface area contributed by atoms with Crippen molar-refractivity contribution in [3.05, 3.63) is 63.6 Å². The summed E-state index contributed by atoms with van der Waals surface area (Å²) in [6, 6.07) is 13.0. The van der Waals surface area contributed by atoms with E-state index in [9.17, 15) is 9.59 Å². The summed E-state index contributed by atoms with van der Waals surface area (Å²) in [4.78, 5) is 23.9. The molecule has 0 aliphatic rings. The minimum atomic E-state index is -0.151. The molecular weight excluding hydrogens is 342 g/mol. The van der Waals surface area contributed by atoms with Gasteiger partial charge in [-0.05, 0) is 37.6 Å². The Kier molecular flexibility index (Phi) is 5.50.